The van der Waals surface area contributed by atoms with E-state index in [0.29, 0.717) is 11.5 Å². The molecule has 0 aliphatic rings. The average molecular weight is 312 g/mol. The number of carbonyl (C=O) groups excluding carboxylic acids is 1. The first kappa shape index (κ1) is 16.9. The maximum absolute atomic E-state index is 12.2. The number of unbranched alkanes of at least 4 members (excludes halogenated alkanes) is 1. The maximum atomic E-state index is 12.2. The Morgan fingerprint density at radius 2 is 1.91 bits per heavy atom. The molecule has 1 aromatic carbocycles. The van der Waals surface area contributed by atoms with E-state index < -0.39 is 0 Å². The molecule has 1 N–H and O–H groups in total. The van der Waals surface area contributed by atoms with Crippen LogP contribution in [0.4, 0.5) is 5.82 Å². The number of nitrogens with zero attached hydrogens (tertiary/aromatic N) is 3. The highest BCUT2D eigenvalue weighted by molar-refractivity contribution is 5.92. The summed E-state index contributed by atoms with van der Waals surface area (Å²) >= 11 is 0. The van der Waals surface area contributed by atoms with E-state index in [-0.39, 0.29) is 5.91 Å². The molecule has 5 nitrogen and oxygen atoms in total. The van der Waals surface area contributed by atoms with Crippen LogP contribution in [0.15, 0.2) is 42.5 Å². The molecule has 0 radical (unpaired) electrons. The molecule has 1 aromatic heterocycles. The molecule has 0 saturated heterocycles. The number of nitrogens with one attached hydrogen (secondary N) is 1. The standard InChI is InChI=1S/C18H24N4O/c1-3-4-14-22(2)18(23)16-10-11-17(21-20-16)19-13-12-15-8-6-5-7-9-15/h5-11H,3-4,12-14H2,1-2H3,(H,19,21). The van der Waals surface area contributed by atoms with Gasteiger partial charge in [0.25, 0.3) is 5.91 Å². The number of rotatable bonds is 8. The Labute approximate surface area is 137 Å². The Morgan fingerprint density at radius 3 is 2.57 bits per heavy atom. The molecule has 0 aliphatic heterocycles. The molecule has 122 valence electrons. The summed E-state index contributed by atoms with van der Waals surface area (Å²) < 4.78 is 0. The van der Waals surface area contributed by atoms with Gasteiger partial charge in [-0.15, -0.1) is 10.2 Å². The third kappa shape index (κ3) is 5.36. The molecule has 0 atom stereocenters. The third-order valence-electron chi connectivity index (χ3n) is 3.64. The first-order valence-corrected chi connectivity index (χ1v) is 8.07. The lowest BCUT2D eigenvalue weighted by atomic mass is 10.1. The number of carbonyl (C=O) groups is 1. The van der Waals surface area contributed by atoms with E-state index >= 15 is 0 Å². The summed E-state index contributed by atoms with van der Waals surface area (Å²) in [4.78, 5) is 13.9. The van der Waals surface area contributed by atoms with Gasteiger partial charge in [-0.2, -0.15) is 0 Å². The predicted octanol–water partition coefficient (Wildman–Crippen LogP) is 3.00. The van der Waals surface area contributed by atoms with Gasteiger partial charge < -0.3 is 10.2 Å². The van der Waals surface area contributed by atoms with Gasteiger partial charge in [0.15, 0.2) is 5.69 Å². The topological polar surface area (TPSA) is 58.1 Å². The van der Waals surface area contributed by atoms with Crippen LogP contribution in [0.2, 0.25) is 0 Å². The summed E-state index contributed by atoms with van der Waals surface area (Å²) in [6, 6.07) is 13.8. The Hall–Kier alpha value is -2.43. The molecule has 2 aromatic rings. The second-order valence-electron chi connectivity index (χ2n) is 5.55. The first-order valence-electron chi connectivity index (χ1n) is 8.07. The second-order valence-corrected chi connectivity index (χ2v) is 5.55. The van der Waals surface area contributed by atoms with Gasteiger partial charge in [0.05, 0.1) is 0 Å². The van der Waals surface area contributed by atoms with Crippen molar-refractivity contribution in [1.82, 2.24) is 15.1 Å². The molecule has 0 bridgehead atoms. The summed E-state index contributed by atoms with van der Waals surface area (Å²) in [5.74, 6) is 0.607. The zero-order chi connectivity index (χ0) is 16.5. The van der Waals surface area contributed by atoms with Crippen LogP contribution in [0.25, 0.3) is 0 Å². The van der Waals surface area contributed by atoms with Gasteiger partial charge in [0.2, 0.25) is 0 Å². The fraction of sp³-hybridized carbons (Fsp3) is 0.389. The lowest BCUT2D eigenvalue weighted by molar-refractivity contribution is 0.0786. The van der Waals surface area contributed by atoms with E-state index in [4.69, 9.17) is 0 Å². The summed E-state index contributed by atoms with van der Waals surface area (Å²) in [5.41, 5.74) is 1.66. The fourth-order valence-corrected chi connectivity index (χ4v) is 2.21. The highest BCUT2D eigenvalue weighted by Crippen LogP contribution is 2.06. The SMILES string of the molecule is CCCCN(C)C(=O)c1ccc(NCCc2ccccc2)nn1. The van der Waals surface area contributed by atoms with Gasteiger partial charge in [-0.1, -0.05) is 43.7 Å². The van der Waals surface area contributed by atoms with Crippen molar-refractivity contribution in [1.29, 1.82) is 0 Å². The van der Waals surface area contributed by atoms with Crippen LogP contribution in [-0.2, 0) is 6.42 Å². The van der Waals surface area contributed by atoms with Gasteiger partial charge >= 0.3 is 0 Å². The Morgan fingerprint density at radius 1 is 1.13 bits per heavy atom. The van der Waals surface area contributed by atoms with E-state index in [1.807, 2.05) is 18.2 Å². The van der Waals surface area contributed by atoms with Crippen molar-refractivity contribution in [3.05, 3.63) is 53.7 Å². The van der Waals surface area contributed by atoms with Gasteiger partial charge in [-0.25, -0.2) is 0 Å². The minimum Gasteiger partial charge on any atom is -0.368 e. The highest BCUT2D eigenvalue weighted by Gasteiger charge is 2.13. The van der Waals surface area contributed by atoms with Gasteiger partial charge in [0.1, 0.15) is 5.82 Å². The maximum Gasteiger partial charge on any atom is 0.274 e. The lowest BCUT2D eigenvalue weighted by Crippen LogP contribution is -2.28. The summed E-state index contributed by atoms with van der Waals surface area (Å²) in [6.45, 7) is 3.63. The minimum atomic E-state index is -0.0817. The number of benzene rings is 1. The normalized spacial score (nSPS) is 10.3. The molecular weight excluding hydrogens is 288 g/mol. The molecule has 0 spiro atoms. The van der Waals surface area contributed by atoms with Gasteiger partial charge in [-0.05, 0) is 30.5 Å². The van der Waals surface area contributed by atoms with Crippen molar-refractivity contribution in [2.45, 2.75) is 26.2 Å². The van der Waals surface area contributed by atoms with Gasteiger partial charge in [0, 0.05) is 20.1 Å². The quantitative estimate of drug-likeness (QED) is 0.814. The number of amides is 1. The van der Waals surface area contributed by atoms with Crippen LogP contribution in [0.3, 0.4) is 0 Å². The van der Waals surface area contributed by atoms with E-state index in [2.05, 4.69) is 34.6 Å². The molecular formula is C18H24N4O. The molecule has 0 unspecified atom stereocenters. The minimum absolute atomic E-state index is 0.0817. The molecule has 1 heterocycles. The van der Waals surface area contributed by atoms with Crippen molar-refractivity contribution in [3.63, 3.8) is 0 Å². The van der Waals surface area contributed by atoms with E-state index in [1.165, 1.54) is 5.56 Å². The van der Waals surface area contributed by atoms with Crippen molar-refractivity contribution >= 4 is 11.7 Å². The number of hydrogen-bond acceptors (Lipinski definition) is 4. The molecule has 5 heteroatoms. The van der Waals surface area contributed by atoms with Crippen molar-refractivity contribution in [3.8, 4) is 0 Å². The zero-order valence-corrected chi connectivity index (χ0v) is 13.8. The summed E-state index contributed by atoms with van der Waals surface area (Å²) in [7, 11) is 1.80. The summed E-state index contributed by atoms with van der Waals surface area (Å²) in [6.07, 6.45) is 2.98. The van der Waals surface area contributed by atoms with Crippen LogP contribution in [0.5, 0.6) is 0 Å². The lowest BCUT2D eigenvalue weighted by Gasteiger charge is -2.15. The van der Waals surface area contributed by atoms with Crippen LogP contribution in [0, 0.1) is 0 Å². The first-order chi connectivity index (χ1) is 11.2. The molecule has 0 saturated carbocycles. The number of anilines is 1. The van der Waals surface area contributed by atoms with E-state index in [0.717, 1.165) is 32.4 Å². The van der Waals surface area contributed by atoms with Crippen LogP contribution < -0.4 is 5.32 Å². The monoisotopic (exact) mass is 312 g/mol. The second kappa shape index (κ2) is 8.88. The van der Waals surface area contributed by atoms with Crippen LogP contribution >= 0.6 is 0 Å². The highest BCUT2D eigenvalue weighted by atomic mass is 16.2. The number of hydrogen-bond donors (Lipinski definition) is 1. The van der Waals surface area contributed by atoms with Crippen LogP contribution in [-0.4, -0.2) is 41.1 Å². The third-order valence-corrected chi connectivity index (χ3v) is 3.64. The zero-order valence-electron chi connectivity index (χ0n) is 13.8. The molecule has 0 fully saturated rings. The smallest absolute Gasteiger partial charge is 0.274 e. The Bertz CT molecular complexity index is 598. The van der Waals surface area contributed by atoms with Crippen molar-refractivity contribution in [2.24, 2.45) is 0 Å². The number of aromatic nitrogens is 2. The fourth-order valence-electron chi connectivity index (χ4n) is 2.21. The van der Waals surface area contributed by atoms with Crippen molar-refractivity contribution < 1.29 is 4.79 Å². The average Bonchev–Trinajstić information content (AvgIpc) is 2.60. The van der Waals surface area contributed by atoms with E-state index in [1.54, 1.807) is 24.1 Å². The predicted molar refractivity (Wildman–Crippen MR) is 92.5 cm³/mol. The molecule has 23 heavy (non-hydrogen) atoms. The molecule has 1 amide bonds. The Kier molecular flexibility index (Phi) is 6.54. The van der Waals surface area contributed by atoms with Gasteiger partial charge in [-0.3, -0.25) is 4.79 Å². The van der Waals surface area contributed by atoms with E-state index in [9.17, 15) is 4.79 Å². The van der Waals surface area contributed by atoms with Crippen LogP contribution in [0.1, 0.15) is 35.8 Å². The summed E-state index contributed by atoms with van der Waals surface area (Å²) in [5, 5.41) is 11.3. The Balaban J connectivity index is 1.83. The molecule has 0 aliphatic carbocycles. The van der Waals surface area contributed by atoms with Crippen molar-refractivity contribution in [2.75, 3.05) is 25.5 Å². The molecule has 2 rings (SSSR count). The largest absolute Gasteiger partial charge is 0.368 e.